The fourth-order valence-electron chi connectivity index (χ4n) is 2.68. The number of ether oxygens (including phenoxy) is 1. The van der Waals surface area contributed by atoms with E-state index in [0.717, 1.165) is 11.3 Å². The molecule has 0 aliphatic carbocycles. The highest BCUT2D eigenvalue weighted by Gasteiger charge is 2.12. The predicted octanol–water partition coefficient (Wildman–Crippen LogP) is 4.49. The van der Waals surface area contributed by atoms with Crippen LogP contribution >= 0.6 is 0 Å². The molecule has 6 heteroatoms. The molecule has 1 aromatic heterocycles. The third-order valence-electron chi connectivity index (χ3n) is 3.98. The molecule has 0 fully saturated rings. The average Bonchev–Trinajstić information content (AvgIpc) is 2.66. The SMILES string of the molecule is CCOc1ccccc1NC(=O)c1cc(Nc2ccc(C)cc2C)ncn1. The summed E-state index contributed by atoms with van der Waals surface area (Å²) in [6.07, 6.45) is 1.37. The lowest BCUT2D eigenvalue weighted by Crippen LogP contribution is -2.15. The number of rotatable bonds is 6. The second kappa shape index (κ2) is 8.31. The van der Waals surface area contributed by atoms with Gasteiger partial charge in [-0.15, -0.1) is 0 Å². The number of amides is 1. The van der Waals surface area contributed by atoms with E-state index in [1.54, 1.807) is 12.1 Å². The van der Waals surface area contributed by atoms with Crippen molar-refractivity contribution < 1.29 is 9.53 Å². The number of aromatic nitrogens is 2. The average molecular weight is 362 g/mol. The molecule has 0 aliphatic heterocycles. The highest BCUT2D eigenvalue weighted by Crippen LogP contribution is 2.25. The molecule has 0 spiro atoms. The van der Waals surface area contributed by atoms with Gasteiger partial charge in [0, 0.05) is 11.8 Å². The molecular weight excluding hydrogens is 340 g/mol. The summed E-state index contributed by atoms with van der Waals surface area (Å²) < 4.78 is 5.54. The molecule has 6 nitrogen and oxygen atoms in total. The highest BCUT2D eigenvalue weighted by molar-refractivity contribution is 6.04. The number of anilines is 3. The lowest BCUT2D eigenvalue weighted by molar-refractivity contribution is 0.102. The highest BCUT2D eigenvalue weighted by atomic mass is 16.5. The van der Waals surface area contributed by atoms with Crippen LogP contribution in [0.4, 0.5) is 17.2 Å². The lowest BCUT2D eigenvalue weighted by atomic mass is 10.1. The van der Waals surface area contributed by atoms with Gasteiger partial charge in [-0.2, -0.15) is 0 Å². The van der Waals surface area contributed by atoms with Crippen molar-refractivity contribution in [3.8, 4) is 5.75 Å². The van der Waals surface area contributed by atoms with E-state index in [1.807, 2.05) is 51.1 Å². The second-order valence-electron chi connectivity index (χ2n) is 6.12. The van der Waals surface area contributed by atoms with Crippen LogP contribution in [0, 0.1) is 13.8 Å². The zero-order valence-electron chi connectivity index (χ0n) is 15.6. The topological polar surface area (TPSA) is 76.1 Å². The van der Waals surface area contributed by atoms with Crippen LogP contribution in [0.2, 0.25) is 0 Å². The van der Waals surface area contributed by atoms with Gasteiger partial charge in [0.1, 0.15) is 23.6 Å². The Bertz CT molecular complexity index is 956. The minimum Gasteiger partial charge on any atom is -0.492 e. The molecule has 0 unspecified atom stereocenters. The quantitative estimate of drug-likeness (QED) is 0.676. The minimum atomic E-state index is -0.326. The van der Waals surface area contributed by atoms with E-state index in [-0.39, 0.29) is 11.6 Å². The Hall–Kier alpha value is -3.41. The Morgan fingerprint density at radius 1 is 1.04 bits per heavy atom. The normalized spacial score (nSPS) is 10.3. The second-order valence-corrected chi connectivity index (χ2v) is 6.12. The minimum absolute atomic E-state index is 0.267. The predicted molar refractivity (Wildman–Crippen MR) is 107 cm³/mol. The first-order valence-electron chi connectivity index (χ1n) is 8.76. The first-order valence-corrected chi connectivity index (χ1v) is 8.76. The fraction of sp³-hybridized carbons (Fsp3) is 0.190. The summed E-state index contributed by atoms with van der Waals surface area (Å²) in [4.78, 5) is 20.9. The van der Waals surface area contributed by atoms with Crippen molar-refractivity contribution in [2.75, 3.05) is 17.2 Å². The summed E-state index contributed by atoms with van der Waals surface area (Å²) >= 11 is 0. The van der Waals surface area contributed by atoms with Crippen LogP contribution in [-0.4, -0.2) is 22.5 Å². The molecule has 0 saturated heterocycles. The zero-order valence-corrected chi connectivity index (χ0v) is 15.6. The van der Waals surface area contributed by atoms with Gasteiger partial charge in [-0.25, -0.2) is 9.97 Å². The van der Waals surface area contributed by atoms with Gasteiger partial charge in [0.05, 0.1) is 12.3 Å². The first kappa shape index (κ1) is 18.4. The molecule has 0 saturated carbocycles. The van der Waals surface area contributed by atoms with Crippen LogP contribution in [0.25, 0.3) is 0 Å². The van der Waals surface area contributed by atoms with Gasteiger partial charge in [0.2, 0.25) is 0 Å². The number of aryl methyl sites for hydroxylation is 2. The lowest BCUT2D eigenvalue weighted by Gasteiger charge is -2.12. The van der Waals surface area contributed by atoms with Crippen LogP contribution in [0.1, 0.15) is 28.5 Å². The standard InChI is InChI=1S/C21H22N4O2/c1-4-27-19-8-6-5-7-17(19)25-21(26)18-12-20(23-13-22-18)24-16-10-9-14(2)11-15(16)3/h5-13H,4H2,1-3H3,(H,25,26)(H,22,23,24). The molecular formula is C21H22N4O2. The Morgan fingerprint density at radius 2 is 1.85 bits per heavy atom. The molecule has 138 valence electrons. The van der Waals surface area contributed by atoms with Crippen LogP contribution in [0.5, 0.6) is 5.75 Å². The maximum Gasteiger partial charge on any atom is 0.274 e. The maximum absolute atomic E-state index is 12.6. The molecule has 1 heterocycles. The number of para-hydroxylation sites is 2. The fourth-order valence-corrected chi connectivity index (χ4v) is 2.68. The van der Waals surface area contributed by atoms with Crippen molar-refractivity contribution in [1.29, 1.82) is 0 Å². The largest absolute Gasteiger partial charge is 0.492 e. The Kier molecular flexibility index (Phi) is 5.66. The van der Waals surface area contributed by atoms with Crippen LogP contribution in [0.15, 0.2) is 54.9 Å². The number of carbonyl (C=O) groups excluding carboxylic acids is 1. The van der Waals surface area contributed by atoms with Gasteiger partial charge in [0.15, 0.2) is 0 Å². The molecule has 0 atom stereocenters. The zero-order chi connectivity index (χ0) is 19.2. The number of hydrogen-bond acceptors (Lipinski definition) is 5. The molecule has 0 aliphatic rings. The first-order chi connectivity index (χ1) is 13.1. The number of nitrogens with one attached hydrogen (secondary N) is 2. The van der Waals surface area contributed by atoms with Crippen molar-refractivity contribution in [3.63, 3.8) is 0 Å². The summed E-state index contributed by atoms with van der Waals surface area (Å²) in [5, 5.41) is 6.07. The van der Waals surface area contributed by atoms with Crippen molar-refractivity contribution in [2.24, 2.45) is 0 Å². The Labute approximate surface area is 158 Å². The Morgan fingerprint density at radius 3 is 2.63 bits per heavy atom. The van der Waals surface area contributed by atoms with E-state index >= 15 is 0 Å². The van der Waals surface area contributed by atoms with Gasteiger partial charge >= 0.3 is 0 Å². The summed E-state index contributed by atoms with van der Waals surface area (Å²) in [5.74, 6) is 0.851. The molecule has 2 aromatic carbocycles. The van der Waals surface area contributed by atoms with Gasteiger partial charge < -0.3 is 15.4 Å². The summed E-state index contributed by atoms with van der Waals surface area (Å²) in [5.41, 5.74) is 4.10. The third kappa shape index (κ3) is 4.61. The number of nitrogens with zero attached hydrogens (tertiary/aromatic N) is 2. The summed E-state index contributed by atoms with van der Waals surface area (Å²) in [6.45, 7) is 6.48. The molecule has 3 aromatic rings. The van der Waals surface area contributed by atoms with Crippen molar-refractivity contribution >= 4 is 23.1 Å². The summed E-state index contributed by atoms with van der Waals surface area (Å²) in [6, 6.07) is 15.0. The van der Waals surface area contributed by atoms with E-state index in [2.05, 4.69) is 26.7 Å². The third-order valence-corrected chi connectivity index (χ3v) is 3.98. The van der Waals surface area contributed by atoms with Gasteiger partial charge in [-0.1, -0.05) is 29.8 Å². The number of carbonyl (C=O) groups is 1. The van der Waals surface area contributed by atoms with E-state index in [0.29, 0.717) is 23.9 Å². The van der Waals surface area contributed by atoms with Gasteiger partial charge in [-0.3, -0.25) is 4.79 Å². The van der Waals surface area contributed by atoms with Crippen molar-refractivity contribution in [3.05, 3.63) is 71.7 Å². The van der Waals surface area contributed by atoms with Crippen molar-refractivity contribution in [2.45, 2.75) is 20.8 Å². The van der Waals surface area contributed by atoms with Gasteiger partial charge in [-0.05, 0) is 44.5 Å². The maximum atomic E-state index is 12.6. The van der Waals surface area contributed by atoms with Gasteiger partial charge in [0.25, 0.3) is 5.91 Å². The number of hydrogen-bond donors (Lipinski definition) is 2. The smallest absolute Gasteiger partial charge is 0.274 e. The molecule has 0 radical (unpaired) electrons. The van der Waals surface area contributed by atoms with Crippen LogP contribution < -0.4 is 15.4 Å². The monoisotopic (exact) mass is 362 g/mol. The Balaban J connectivity index is 1.78. The molecule has 2 N–H and O–H groups in total. The van der Waals surface area contributed by atoms with Crippen LogP contribution in [-0.2, 0) is 0 Å². The molecule has 1 amide bonds. The van der Waals surface area contributed by atoms with E-state index in [4.69, 9.17) is 4.74 Å². The molecule has 0 bridgehead atoms. The molecule has 3 rings (SSSR count). The van der Waals surface area contributed by atoms with Crippen molar-refractivity contribution in [1.82, 2.24) is 9.97 Å². The van der Waals surface area contributed by atoms with E-state index < -0.39 is 0 Å². The number of benzene rings is 2. The molecule has 27 heavy (non-hydrogen) atoms. The van der Waals surface area contributed by atoms with E-state index in [1.165, 1.54) is 11.9 Å². The van der Waals surface area contributed by atoms with Crippen LogP contribution in [0.3, 0.4) is 0 Å². The summed E-state index contributed by atoms with van der Waals surface area (Å²) in [7, 11) is 0. The van der Waals surface area contributed by atoms with E-state index in [9.17, 15) is 4.79 Å².